The normalized spacial score (nSPS) is 11.2. The zero-order valence-corrected chi connectivity index (χ0v) is 38.1. The van der Waals surface area contributed by atoms with E-state index in [0.717, 1.165) is 5.56 Å². The van der Waals surface area contributed by atoms with E-state index in [1.807, 2.05) is 30.3 Å². The molecule has 1 amide bonds. The number of nitrogens with two attached hydrogens (primary N) is 1. The summed E-state index contributed by atoms with van der Waals surface area (Å²) in [7, 11) is 0. The van der Waals surface area contributed by atoms with Crippen LogP contribution >= 0.6 is 0 Å². The molecule has 0 saturated carbocycles. The first kappa shape index (κ1) is 57.5. The molecule has 0 saturated heterocycles. The number of benzene rings is 2. The van der Waals surface area contributed by atoms with Gasteiger partial charge in [0.2, 0.25) is 5.91 Å². The fourth-order valence-electron chi connectivity index (χ4n) is 5.11. The van der Waals surface area contributed by atoms with Crippen molar-refractivity contribution in [3.05, 3.63) is 65.7 Å². The Kier molecular flexibility index (Phi) is 39.1. The molecule has 0 radical (unpaired) electrons. The monoisotopic (exact) mass is 926 g/mol. The number of nitrogens with one attached hydrogen (secondary N) is 1. The van der Waals surface area contributed by atoms with Gasteiger partial charge in [-0.25, -0.2) is 4.79 Å². The van der Waals surface area contributed by atoms with Gasteiger partial charge in [0.1, 0.15) is 19.0 Å². The Morgan fingerprint density at radius 1 is 0.462 bits per heavy atom. The van der Waals surface area contributed by atoms with Crippen LogP contribution in [0.2, 0.25) is 0 Å². The number of hydrogen-bond acceptors (Lipinski definition) is 18. The fourth-order valence-corrected chi connectivity index (χ4v) is 5.11. The van der Waals surface area contributed by atoms with Crippen LogP contribution in [-0.2, 0) is 77.8 Å². The van der Waals surface area contributed by atoms with Crippen molar-refractivity contribution in [1.82, 2.24) is 5.32 Å². The summed E-state index contributed by atoms with van der Waals surface area (Å²) in [6.45, 7) is 11.9. The highest BCUT2D eigenvalue weighted by atomic mass is 16.6. The average Bonchev–Trinajstić information content (AvgIpc) is 3.33. The number of ketones is 1. The lowest BCUT2D eigenvalue weighted by Gasteiger charge is -2.09. The minimum Gasteiger partial charge on any atom is -0.486 e. The van der Waals surface area contributed by atoms with Crippen molar-refractivity contribution in [1.29, 1.82) is 0 Å². The van der Waals surface area contributed by atoms with Crippen LogP contribution in [0.4, 0.5) is 0 Å². The second kappa shape index (κ2) is 44.2. The molecule has 0 aromatic heterocycles. The Balaban J connectivity index is 1.19. The van der Waals surface area contributed by atoms with Crippen molar-refractivity contribution < 1.29 is 80.7 Å². The second-order valence-electron chi connectivity index (χ2n) is 13.8. The zero-order valence-electron chi connectivity index (χ0n) is 38.1. The van der Waals surface area contributed by atoms with Crippen molar-refractivity contribution >= 4 is 17.7 Å². The Morgan fingerprint density at radius 3 is 1.31 bits per heavy atom. The highest BCUT2D eigenvalue weighted by molar-refractivity contribution is 5.89. The topological polar surface area (TPSA) is 218 Å². The second-order valence-corrected chi connectivity index (χ2v) is 13.8. The van der Waals surface area contributed by atoms with Gasteiger partial charge in [-0.2, -0.15) is 0 Å². The molecule has 0 spiro atoms. The number of Topliss-reactive ketones (excluding diaryl/α,β-unsaturated/α-hetero) is 1. The minimum absolute atomic E-state index is 0.0586. The Labute approximate surface area is 384 Å². The molecular formula is C46H74N2O17. The SMILES string of the molecule is NCCNC(=O)CCOCCOCCOCCOCCOCCOCCOCCOCCOCCOCCOCCOCCCC(=O)COc1cccc(C(=O)OCc2ccccc2)c1. The summed E-state index contributed by atoms with van der Waals surface area (Å²) in [4.78, 5) is 36.0. The zero-order chi connectivity index (χ0) is 46.4. The number of rotatable bonds is 48. The van der Waals surface area contributed by atoms with Crippen LogP contribution in [0.5, 0.6) is 5.75 Å². The molecule has 2 rings (SSSR count). The summed E-state index contributed by atoms with van der Waals surface area (Å²) in [6.07, 6.45) is 1.20. The Hall–Kier alpha value is -3.67. The van der Waals surface area contributed by atoms with Crippen LogP contribution in [0.15, 0.2) is 54.6 Å². The molecule has 2 aromatic carbocycles. The lowest BCUT2D eigenvalue weighted by molar-refractivity contribution is -0.122. The van der Waals surface area contributed by atoms with Crippen molar-refractivity contribution in [3.8, 4) is 5.75 Å². The maximum Gasteiger partial charge on any atom is 0.338 e. The van der Waals surface area contributed by atoms with E-state index in [1.165, 1.54) is 0 Å². The smallest absolute Gasteiger partial charge is 0.338 e. The van der Waals surface area contributed by atoms with Gasteiger partial charge in [-0.3, -0.25) is 9.59 Å². The van der Waals surface area contributed by atoms with E-state index in [4.69, 9.17) is 72.0 Å². The molecular weight excluding hydrogens is 853 g/mol. The molecule has 19 nitrogen and oxygen atoms in total. The van der Waals surface area contributed by atoms with E-state index in [2.05, 4.69) is 5.32 Å². The van der Waals surface area contributed by atoms with Gasteiger partial charge in [0.15, 0.2) is 5.78 Å². The van der Waals surface area contributed by atoms with E-state index in [0.29, 0.717) is 202 Å². The molecule has 19 heteroatoms. The molecule has 65 heavy (non-hydrogen) atoms. The van der Waals surface area contributed by atoms with Gasteiger partial charge in [-0.05, 0) is 30.2 Å². The first-order chi connectivity index (χ1) is 32.1. The number of hydrogen-bond donors (Lipinski definition) is 2. The van der Waals surface area contributed by atoms with Gasteiger partial charge >= 0.3 is 5.97 Å². The summed E-state index contributed by atoms with van der Waals surface area (Å²) >= 11 is 0. The molecule has 0 bridgehead atoms. The van der Waals surface area contributed by atoms with Crippen molar-refractivity contribution in [2.75, 3.05) is 178 Å². The third-order valence-corrected chi connectivity index (χ3v) is 8.46. The largest absolute Gasteiger partial charge is 0.486 e. The van der Waals surface area contributed by atoms with Crippen LogP contribution in [0.25, 0.3) is 0 Å². The quantitative estimate of drug-likeness (QED) is 0.0720. The molecule has 0 aliphatic carbocycles. The van der Waals surface area contributed by atoms with Gasteiger partial charge in [-0.1, -0.05) is 36.4 Å². The van der Waals surface area contributed by atoms with Gasteiger partial charge in [0, 0.05) is 32.5 Å². The summed E-state index contributed by atoms with van der Waals surface area (Å²) in [6, 6.07) is 16.0. The number of ether oxygens (including phenoxy) is 14. The van der Waals surface area contributed by atoms with Gasteiger partial charge in [0.05, 0.1) is 158 Å². The number of carbonyl (C=O) groups excluding carboxylic acids is 3. The number of carbonyl (C=O) groups is 3. The summed E-state index contributed by atoms with van der Waals surface area (Å²) in [5, 5.41) is 2.68. The lowest BCUT2D eigenvalue weighted by Crippen LogP contribution is -2.29. The molecule has 2 aromatic rings. The first-order valence-corrected chi connectivity index (χ1v) is 22.4. The van der Waals surface area contributed by atoms with E-state index in [-0.39, 0.29) is 24.9 Å². The number of esters is 1. The standard InChI is InChI=1S/C46H74N2O17/c47-12-13-48-45(50)11-15-53-17-19-55-21-23-57-25-27-59-29-31-61-33-35-63-37-36-62-34-32-60-30-28-58-26-24-56-22-20-54-18-16-52-14-5-9-43(49)40-64-44-10-4-8-42(38-44)46(51)65-39-41-6-2-1-3-7-41/h1-4,6-8,10,38H,5,9,11-37,39-40,47H2,(H,48,50). The van der Waals surface area contributed by atoms with Crippen molar-refractivity contribution in [2.24, 2.45) is 5.73 Å². The van der Waals surface area contributed by atoms with E-state index < -0.39 is 5.97 Å². The van der Waals surface area contributed by atoms with Crippen LogP contribution < -0.4 is 15.8 Å². The maximum absolute atomic E-state index is 12.4. The predicted octanol–water partition coefficient (Wildman–Crippen LogP) is 2.44. The summed E-state index contributed by atoms with van der Waals surface area (Å²) < 4.78 is 76.7. The van der Waals surface area contributed by atoms with Crippen LogP contribution in [0.3, 0.4) is 0 Å². The maximum atomic E-state index is 12.4. The van der Waals surface area contributed by atoms with Gasteiger partial charge in [0.25, 0.3) is 0 Å². The molecule has 3 N–H and O–H groups in total. The number of amides is 1. The molecule has 0 atom stereocenters. The first-order valence-electron chi connectivity index (χ1n) is 22.4. The van der Waals surface area contributed by atoms with Crippen LogP contribution in [-0.4, -0.2) is 196 Å². The Morgan fingerprint density at radius 2 is 0.877 bits per heavy atom. The average molecular weight is 927 g/mol. The van der Waals surface area contributed by atoms with Crippen molar-refractivity contribution in [2.45, 2.75) is 25.9 Å². The lowest BCUT2D eigenvalue weighted by atomic mass is 10.2. The molecule has 0 aliphatic heterocycles. The minimum atomic E-state index is -0.459. The van der Waals surface area contributed by atoms with E-state index >= 15 is 0 Å². The van der Waals surface area contributed by atoms with E-state index in [9.17, 15) is 14.4 Å². The predicted molar refractivity (Wildman–Crippen MR) is 238 cm³/mol. The third-order valence-electron chi connectivity index (χ3n) is 8.46. The van der Waals surface area contributed by atoms with Crippen LogP contribution in [0.1, 0.15) is 35.2 Å². The molecule has 0 heterocycles. The molecule has 0 fully saturated rings. The van der Waals surface area contributed by atoms with Gasteiger partial charge < -0.3 is 77.4 Å². The summed E-state index contributed by atoms with van der Waals surface area (Å²) in [5.41, 5.74) is 6.59. The highest BCUT2D eigenvalue weighted by Gasteiger charge is 2.10. The van der Waals surface area contributed by atoms with Crippen LogP contribution in [0, 0.1) is 0 Å². The molecule has 0 unspecified atom stereocenters. The van der Waals surface area contributed by atoms with Gasteiger partial charge in [-0.15, -0.1) is 0 Å². The highest BCUT2D eigenvalue weighted by Crippen LogP contribution is 2.15. The molecule has 0 aliphatic rings. The van der Waals surface area contributed by atoms with E-state index in [1.54, 1.807) is 24.3 Å². The molecule has 370 valence electrons. The third kappa shape index (κ3) is 37.2. The fraction of sp³-hybridized carbons (Fsp3) is 0.674. The van der Waals surface area contributed by atoms with Crippen molar-refractivity contribution in [3.63, 3.8) is 0 Å². The summed E-state index contributed by atoms with van der Waals surface area (Å²) in [5.74, 6) is -0.159. The Bertz CT molecular complexity index is 1410.